The van der Waals surface area contributed by atoms with Crippen LogP contribution in [-0.4, -0.2) is 29.0 Å². The van der Waals surface area contributed by atoms with E-state index in [1.165, 1.54) is 6.92 Å². The Morgan fingerprint density at radius 1 is 1.28 bits per heavy atom. The van der Waals surface area contributed by atoms with Crippen LogP contribution in [0.1, 0.15) is 12.5 Å². The summed E-state index contributed by atoms with van der Waals surface area (Å²) in [6, 6.07) is 7.05. The maximum Gasteiger partial charge on any atom is 0.421 e. The molecule has 0 aliphatic rings. The Balaban J connectivity index is 2.19. The van der Waals surface area contributed by atoms with Crippen LogP contribution in [0.25, 0.3) is 0 Å². The number of hydrogen-bond acceptors (Lipinski definition) is 5. The minimum atomic E-state index is -4.59. The molecule has 0 unspecified atom stereocenters. The van der Waals surface area contributed by atoms with Gasteiger partial charge in [-0.15, -0.1) is 0 Å². The van der Waals surface area contributed by atoms with Gasteiger partial charge in [0.15, 0.2) is 0 Å². The molecule has 1 aromatic carbocycles. The maximum absolute atomic E-state index is 13.1. The lowest BCUT2D eigenvalue weighted by atomic mass is 10.3. The fraction of sp³-hybridized carbons (Fsp3) is 0.267. The number of aromatic nitrogens is 2. The molecule has 1 amide bonds. The van der Waals surface area contributed by atoms with Gasteiger partial charge >= 0.3 is 6.18 Å². The van der Waals surface area contributed by atoms with E-state index in [-0.39, 0.29) is 30.8 Å². The summed E-state index contributed by atoms with van der Waals surface area (Å²) in [4.78, 5) is 18.4. The third-order valence-corrected chi connectivity index (χ3v) is 3.46. The second-order valence-corrected chi connectivity index (χ2v) is 5.91. The van der Waals surface area contributed by atoms with Crippen LogP contribution < -0.4 is 16.0 Å². The summed E-state index contributed by atoms with van der Waals surface area (Å²) in [6.07, 6.45) is -3.88. The summed E-state index contributed by atoms with van der Waals surface area (Å²) < 4.78 is 40.0. The number of nitrogens with one attached hydrogen (secondary N) is 3. The van der Waals surface area contributed by atoms with Gasteiger partial charge in [-0.25, -0.2) is 4.98 Å². The minimum absolute atomic E-state index is 0.0214. The Bertz CT molecular complexity index is 754. The van der Waals surface area contributed by atoms with Crippen molar-refractivity contribution in [3.63, 3.8) is 0 Å². The molecule has 0 saturated heterocycles. The highest BCUT2D eigenvalue weighted by Gasteiger charge is 2.35. The number of nitrogens with zero attached hydrogens (tertiary/aromatic N) is 2. The molecule has 0 radical (unpaired) electrons. The van der Waals surface area contributed by atoms with Crippen molar-refractivity contribution in [3.8, 4) is 0 Å². The van der Waals surface area contributed by atoms with Gasteiger partial charge in [0.05, 0.1) is 0 Å². The summed E-state index contributed by atoms with van der Waals surface area (Å²) >= 11 is 3.31. The fourth-order valence-corrected chi connectivity index (χ4v) is 2.30. The standard InChI is InChI=1S/C15H15BrF3N5O/c1-9(25)20-5-6-21-13-12(15(17,18)19)8-22-14(24-13)23-11-4-2-3-10(16)7-11/h2-4,7-8H,5-6H2,1H3,(H,20,25)(H2,21,22,23,24). The smallest absolute Gasteiger partial charge is 0.368 e. The van der Waals surface area contributed by atoms with Crippen molar-refractivity contribution in [2.24, 2.45) is 0 Å². The molecule has 3 N–H and O–H groups in total. The molecule has 0 atom stereocenters. The Kier molecular flexibility index (Phi) is 6.18. The molecule has 25 heavy (non-hydrogen) atoms. The second-order valence-electron chi connectivity index (χ2n) is 5.00. The van der Waals surface area contributed by atoms with Crippen LogP contribution in [0.15, 0.2) is 34.9 Å². The lowest BCUT2D eigenvalue weighted by Gasteiger charge is -2.15. The van der Waals surface area contributed by atoms with Gasteiger partial charge in [0.2, 0.25) is 11.9 Å². The number of carbonyl (C=O) groups is 1. The molecule has 134 valence electrons. The molecule has 10 heteroatoms. The molecule has 0 aliphatic heterocycles. The molecule has 1 aromatic heterocycles. The summed E-state index contributed by atoms with van der Waals surface area (Å²) in [5.74, 6) is -0.601. The fourth-order valence-electron chi connectivity index (χ4n) is 1.90. The number of anilines is 3. The molecule has 2 aromatic rings. The van der Waals surface area contributed by atoms with Gasteiger partial charge in [0.1, 0.15) is 11.4 Å². The van der Waals surface area contributed by atoms with Gasteiger partial charge in [-0.05, 0) is 18.2 Å². The van der Waals surface area contributed by atoms with Crippen LogP contribution in [0, 0.1) is 0 Å². The van der Waals surface area contributed by atoms with Crippen molar-refractivity contribution in [2.45, 2.75) is 13.1 Å². The average Bonchev–Trinajstić information content (AvgIpc) is 2.50. The highest BCUT2D eigenvalue weighted by atomic mass is 79.9. The lowest BCUT2D eigenvalue weighted by molar-refractivity contribution is -0.137. The Morgan fingerprint density at radius 2 is 2.04 bits per heavy atom. The SMILES string of the molecule is CC(=O)NCCNc1nc(Nc2cccc(Br)c2)ncc1C(F)(F)F. The topological polar surface area (TPSA) is 78.9 Å². The molecule has 0 aliphatic carbocycles. The first-order valence-electron chi connectivity index (χ1n) is 7.21. The lowest BCUT2D eigenvalue weighted by Crippen LogP contribution is -2.27. The average molecular weight is 418 g/mol. The van der Waals surface area contributed by atoms with E-state index in [0.717, 1.165) is 4.47 Å². The number of hydrogen-bond donors (Lipinski definition) is 3. The molecular weight excluding hydrogens is 403 g/mol. The van der Waals surface area contributed by atoms with E-state index in [4.69, 9.17) is 0 Å². The van der Waals surface area contributed by atoms with Crippen molar-refractivity contribution < 1.29 is 18.0 Å². The van der Waals surface area contributed by atoms with Crippen LogP contribution in [-0.2, 0) is 11.0 Å². The van der Waals surface area contributed by atoms with Gasteiger partial charge in [0, 0.05) is 36.4 Å². The first-order valence-corrected chi connectivity index (χ1v) is 8.00. The molecular formula is C15H15BrF3N5O. The summed E-state index contributed by atoms with van der Waals surface area (Å²) in [5, 5.41) is 7.91. The van der Waals surface area contributed by atoms with Crippen molar-refractivity contribution in [2.75, 3.05) is 23.7 Å². The largest absolute Gasteiger partial charge is 0.421 e. The normalized spacial score (nSPS) is 11.1. The molecule has 0 fully saturated rings. The van der Waals surface area contributed by atoms with Gasteiger partial charge in [-0.3, -0.25) is 4.79 Å². The Labute approximate surface area is 150 Å². The van der Waals surface area contributed by atoms with E-state index in [1.54, 1.807) is 18.2 Å². The first-order chi connectivity index (χ1) is 11.8. The van der Waals surface area contributed by atoms with E-state index in [9.17, 15) is 18.0 Å². The van der Waals surface area contributed by atoms with Crippen LogP contribution >= 0.6 is 15.9 Å². The van der Waals surface area contributed by atoms with E-state index in [1.807, 2.05) is 6.07 Å². The number of benzene rings is 1. The molecule has 0 spiro atoms. The highest BCUT2D eigenvalue weighted by Crippen LogP contribution is 2.34. The zero-order valence-corrected chi connectivity index (χ0v) is 14.7. The Morgan fingerprint density at radius 3 is 2.68 bits per heavy atom. The van der Waals surface area contributed by atoms with Crippen molar-refractivity contribution in [1.82, 2.24) is 15.3 Å². The first kappa shape index (κ1) is 19.0. The molecule has 0 bridgehead atoms. The summed E-state index contributed by atoms with van der Waals surface area (Å²) in [5.41, 5.74) is -0.353. The molecule has 1 heterocycles. The van der Waals surface area contributed by atoms with Crippen molar-refractivity contribution >= 4 is 39.3 Å². The summed E-state index contributed by atoms with van der Waals surface area (Å²) in [6.45, 7) is 1.59. The predicted molar refractivity (Wildman–Crippen MR) is 91.6 cm³/mol. The molecule has 6 nitrogen and oxygen atoms in total. The minimum Gasteiger partial charge on any atom is -0.368 e. The van der Waals surface area contributed by atoms with Crippen LogP contribution in [0.3, 0.4) is 0 Å². The predicted octanol–water partition coefficient (Wildman–Crippen LogP) is 3.55. The number of carbonyl (C=O) groups excluding carboxylic acids is 1. The number of rotatable bonds is 6. The molecule has 2 rings (SSSR count). The van der Waals surface area contributed by atoms with Crippen LogP contribution in [0.5, 0.6) is 0 Å². The number of halogens is 4. The van der Waals surface area contributed by atoms with Gasteiger partial charge < -0.3 is 16.0 Å². The van der Waals surface area contributed by atoms with E-state index < -0.39 is 11.7 Å². The zero-order valence-electron chi connectivity index (χ0n) is 13.1. The second kappa shape index (κ2) is 8.15. The quantitative estimate of drug-likeness (QED) is 0.626. The maximum atomic E-state index is 13.1. The monoisotopic (exact) mass is 417 g/mol. The van der Waals surface area contributed by atoms with Crippen LogP contribution in [0.2, 0.25) is 0 Å². The Hall–Kier alpha value is -2.36. The van der Waals surface area contributed by atoms with E-state index in [0.29, 0.717) is 11.9 Å². The zero-order chi connectivity index (χ0) is 18.4. The van der Waals surface area contributed by atoms with Crippen molar-refractivity contribution in [1.29, 1.82) is 0 Å². The third-order valence-electron chi connectivity index (χ3n) is 2.97. The summed E-state index contributed by atoms with van der Waals surface area (Å²) in [7, 11) is 0. The van der Waals surface area contributed by atoms with Crippen LogP contribution in [0.4, 0.5) is 30.6 Å². The van der Waals surface area contributed by atoms with Gasteiger partial charge in [0.25, 0.3) is 0 Å². The third kappa shape index (κ3) is 5.89. The highest BCUT2D eigenvalue weighted by molar-refractivity contribution is 9.10. The van der Waals surface area contributed by atoms with Crippen molar-refractivity contribution in [3.05, 3.63) is 40.5 Å². The van der Waals surface area contributed by atoms with E-state index >= 15 is 0 Å². The van der Waals surface area contributed by atoms with Gasteiger partial charge in [-0.2, -0.15) is 18.2 Å². The number of alkyl halides is 3. The van der Waals surface area contributed by atoms with Gasteiger partial charge in [-0.1, -0.05) is 22.0 Å². The number of amides is 1. The van der Waals surface area contributed by atoms with E-state index in [2.05, 4.69) is 41.8 Å². The molecule has 0 saturated carbocycles.